The Morgan fingerprint density at radius 1 is 1.60 bits per heavy atom. The Bertz CT molecular complexity index is 256. The van der Waals surface area contributed by atoms with Crippen molar-refractivity contribution in [3.63, 3.8) is 0 Å². The van der Waals surface area contributed by atoms with E-state index in [-0.39, 0.29) is 12.1 Å². The number of ether oxygens (including phenoxy) is 1. The van der Waals surface area contributed by atoms with Crippen LogP contribution in [0.4, 0.5) is 4.79 Å². The topological polar surface area (TPSA) is 78.9 Å². The molecule has 2 amide bonds. The molecule has 1 fully saturated rings. The SMILES string of the molecule is CC(NC(=O)N1CCOCC1C)C(=O)O. The quantitative estimate of drug-likeness (QED) is 0.675. The Balaban J connectivity index is 2.48. The van der Waals surface area contributed by atoms with Gasteiger partial charge in [0.25, 0.3) is 0 Å². The third-order valence-corrected chi connectivity index (χ3v) is 2.34. The molecular weight excluding hydrogens is 200 g/mol. The highest BCUT2D eigenvalue weighted by Crippen LogP contribution is 2.06. The molecule has 6 nitrogen and oxygen atoms in total. The number of morpholine rings is 1. The molecule has 0 spiro atoms. The average molecular weight is 216 g/mol. The molecule has 1 aliphatic heterocycles. The summed E-state index contributed by atoms with van der Waals surface area (Å²) in [5.74, 6) is -1.04. The van der Waals surface area contributed by atoms with Crippen molar-refractivity contribution < 1.29 is 19.4 Å². The maximum absolute atomic E-state index is 11.6. The van der Waals surface area contributed by atoms with E-state index in [2.05, 4.69) is 5.32 Å². The first kappa shape index (κ1) is 11.8. The highest BCUT2D eigenvalue weighted by atomic mass is 16.5. The molecular formula is C9H16N2O4. The molecule has 0 aromatic rings. The molecule has 1 aliphatic rings. The minimum atomic E-state index is -1.04. The molecule has 0 aromatic heterocycles. The van der Waals surface area contributed by atoms with E-state index in [9.17, 15) is 9.59 Å². The van der Waals surface area contributed by atoms with Crippen molar-refractivity contribution in [3.8, 4) is 0 Å². The molecule has 0 bridgehead atoms. The second kappa shape index (κ2) is 4.97. The summed E-state index contributed by atoms with van der Waals surface area (Å²) in [6.07, 6.45) is 0. The Kier molecular flexibility index (Phi) is 3.90. The Morgan fingerprint density at radius 3 is 2.80 bits per heavy atom. The van der Waals surface area contributed by atoms with E-state index >= 15 is 0 Å². The van der Waals surface area contributed by atoms with Gasteiger partial charge >= 0.3 is 12.0 Å². The van der Waals surface area contributed by atoms with Crippen LogP contribution in [0.15, 0.2) is 0 Å². The molecule has 15 heavy (non-hydrogen) atoms. The fourth-order valence-electron chi connectivity index (χ4n) is 1.36. The monoisotopic (exact) mass is 216 g/mol. The van der Waals surface area contributed by atoms with Crippen molar-refractivity contribution in [2.75, 3.05) is 19.8 Å². The van der Waals surface area contributed by atoms with Gasteiger partial charge in [0, 0.05) is 6.54 Å². The number of urea groups is 1. The number of amides is 2. The highest BCUT2D eigenvalue weighted by Gasteiger charge is 2.25. The number of nitrogens with one attached hydrogen (secondary N) is 1. The van der Waals surface area contributed by atoms with Crippen molar-refractivity contribution in [1.82, 2.24) is 10.2 Å². The summed E-state index contributed by atoms with van der Waals surface area (Å²) >= 11 is 0. The maximum Gasteiger partial charge on any atom is 0.325 e. The average Bonchev–Trinajstić information content (AvgIpc) is 2.18. The predicted molar refractivity (Wildman–Crippen MR) is 52.6 cm³/mol. The van der Waals surface area contributed by atoms with Gasteiger partial charge in [0.15, 0.2) is 0 Å². The first-order valence-electron chi connectivity index (χ1n) is 4.90. The molecule has 2 N–H and O–H groups in total. The number of carbonyl (C=O) groups excluding carboxylic acids is 1. The minimum Gasteiger partial charge on any atom is -0.480 e. The van der Waals surface area contributed by atoms with Gasteiger partial charge < -0.3 is 20.1 Å². The van der Waals surface area contributed by atoms with E-state index in [0.717, 1.165) is 0 Å². The smallest absolute Gasteiger partial charge is 0.325 e. The van der Waals surface area contributed by atoms with Crippen molar-refractivity contribution in [2.45, 2.75) is 25.9 Å². The number of carboxylic acid groups (broad SMARTS) is 1. The fraction of sp³-hybridized carbons (Fsp3) is 0.778. The van der Waals surface area contributed by atoms with Gasteiger partial charge in [-0.1, -0.05) is 0 Å². The van der Waals surface area contributed by atoms with Crippen LogP contribution >= 0.6 is 0 Å². The van der Waals surface area contributed by atoms with Crippen LogP contribution in [-0.4, -0.2) is 53.8 Å². The van der Waals surface area contributed by atoms with Crippen molar-refractivity contribution >= 4 is 12.0 Å². The summed E-state index contributed by atoms with van der Waals surface area (Å²) in [6.45, 7) is 4.79. The molecule has 6 heteroatoms. The van der Waals surface area contributed by atoms with Crippen molar-refractivity contribution in [1.29, 1.82) is 0 Å². The number of hydrogen-bond donors (Lipinski definition) is 2. The maximum atomic E-state index is 11.6. The molecule has 0 aliphatic carbocycles. The minimum absolute atomic E-state index is 0.0141. The first-order valence-corrected chi connectivity index (χ1v) is 4.90. The highest BCUT2D eigenvalue weighted by molar-refractivity contribution is 5.82. The van der Waals surface area contributed by atoms with Crippen LogP contribution in [0.1, 0.15) is 13.8 Å². The van der Waals surface area contributed by atoms with Crippen LogP contribution in [0.2, 0.25) is 0 Å². The fourth-order valence-corrected chi connectivity index (χ4v) is 1.36. The predicted octanol–water partition coefficient (Wildman–Crippen LogP) is -0.110. The zero-order valence-electron chi connectivity index (χ0n) is 8.90. The van der Waals surface area contributed by atoms with Gasteiger partial charge in [-0.3, -0.25) is 4.79 Å². The van der Waals surface area contributed by atoms with E-state index < -0.39 is 12.0 Å². The second-order valence-electron chi connectivity index (χ2n) is 3.63. The van der Waals surface area contributed by atoms with E-state index in [1.165, 1.54) is 6.92 Å². The molecule has 0 radical (unpaired) electrons. The van der Waals surface area contributed by atoms with Crippen LogP contribution in [0.5, 0.6) is 0 Å². The van der Waals surface area contributed by atoms with Crippen LogP contribution < -0.4 is 5.32 Å². The molecule has 2 atom stereocenters. The second-order valence-corrected chi connectivity index (χ2v) is 3.63. The van der Waals surface area contributed by atoms with Gasteiger partial charge in [-0.25, -0.2) is 4.79 Å². The normalized spacial score (nSPS) is 23.3. The van der Waals surface area contributed by atoms with Gasteiger partial charge in [0.1, 0.15) is 6.04 Å². The van der Waals surface area contributed by atoms with Gasteiger partial charge in [0.05, 0.1) is 19.3 Å². The molecule has 1 heterocycles. The third-order valence-electron chi connectivity index (χ3n) is 2.34. The molecule has 1 rings (SSSR count). The lowest BCUT2D eigenvalue weighted by molar-refractivity contribution is -0.138. The number of carbonyl (C=O) groups is 2. The molecule has 0 aromatic carbocycles. The zero-order valence-corrected chi connectivity index (χ0v) is 8.90. The van der Waals surface area contributed by atoms with E-state index in [0.29, 0.717) is 19.8 Å². The van der Waals surface area contributed by atoms with Gasteiger partial charge in [0.2, 0.25) is 0 Å². The Labute approximate surface area is 88.2 Å². The Hall–Kier alpha value is -1.30. The summed E-state index contributed by atoms with van der Waals surface area (Å²) in [6, 6.07) is -1.23. The van der Waals surface area contributed by atoms with Crippen molar-refractivity contribution in [2.24, 2.45) is 0 Å². The number of hydrogen-bond acceptors (Lipinski definition) is 3. The lowest BCUT2D eigenvalue weighted by atomic mass is 10.2. The first-order chi connectivity index (χ1) is 7.02. The van der Waals surface area contributed by atoms with E-state index in [1.807, 2.05) is 6.92 Å². The lowest BCUT2D eigenvalue weighted by Crippen LogP contribution is -2.54. The summed E-state index contributed by atoms with van der Waals surface area (Å²) < 4.78 is 5.18. The third kappa shape index (κ3) is 3.09. The number of rotatable bonds is 2. The summed E-state index contributed by atoms with van der Waals surface area (Å²) in [4.78, 5) is 23.7. The van der Waals surface area contributed by atoms with Crippen LogP contribution in [0.3, 0.4) is 0 Å². The Morgan fingerprint density at radius 2 is 2.27 bits per heavy atom. The summed E-state index contributed by atoms with van der Waals surface area (Å²) in [7, 11) is 0. The molecule has 2 unspecified atom stereocenters. The van der Waals surface area contributed by atoms with E-state index in [1.54, 1.807) is 4.90 Å². The number of nitrogens with zero attached hydrogens (tertiary/aromatic N) is 1. The van der Waals surface area contributed by atoms with Gasteiger partial charge in [-0.15, -0.1) is 0 Å². The molecule has 86 valence electrons. The summed E-state index contributed by atoms with van der Waals surface area (Å²) in [5, 5.41) is 11.0. The molecule has 1 saturated heterocycles. The zero-order chi connectivity index (χ0) is 11.4. The largest absolute Gasteiger partial charge is 0.480 e. The summed E-state index contributed by atoms with van der Waals surface area (Å²) in [5.41, 5.74) is 0. The standard InChI is InChI=1S/C9H16N2O4/c1-6-5-15-4-3-11(6)9(14)10-7(2)8(12)13/h6-7H,3-5H2,1-2H3,(H,10,14)(H,12,13). The van der Waals surface area contributed by atoms with Gasteiger partial charge in [-0.2, -0.15) is 0 Å². The van der Waals surface area contributed by atoms with E-state index in [4.69, 9.17) is 9.84 Å². The molecule has 0 saturated carbocycles. The lowest BCUT2D eigenvalue weighted by Gasteiger charge is -2.33. The van der Waals surface area contributed by atoms with Crippen LogP contribution in [0, 0.1) is 0 Å². The number of aliphatic carboxylic acids is 1. The van der Waals surface area contributed by atoms with Crippen LogP contribution in [-0.2, 0) is 9.53 Å². The van der Waals surface area contributed by atoms with Crippen LogP contribution in [0.25, 0.3) is 0 Å². The number of carboxylic acids is 1. The van der Waals surface area contributed by atoms with Crippen molar-refractivity contribution in [3.05, 3.63) is 0 Å². The van der Waals surface area contributed by atoms with Gasteiger partial charge in [-0.05, 0) is 13.8 Å².